The Morgan fingerprint density at radius 3 is 2.66 bits per heavy atom. The van der Waals surface area contributed by atoms with Crippen LogP contribution in [0.1, 0.15) is 33.6 Å². The molecule has 4 rings (SSSR count). The molecule has 1 atom stereocenters. The second-order valence-corrected chi connectivity index (χ2v) is 8.85. The van der Waals surface area contributed by atoms with Crippen LogP contribution >= 0.6 is 0 Å². The maximum atomic E-state index is 12.9. The van der Waals surface area contributed by atoms with Gasteiger partial charge in [-0.2, -0.15) is 0 Å². The fraction of sp³-hybridized carbons (Fsp3) is 0.360. The van der Waals surface area contributed by atoms with Crippen LogP contribution in [0.25, 0.3) is 22.0 Å². The van der Waals surface area contributed by atoms with Gasteiger partial charge in [-0.25, -0.2) is 4.79 Å². The number of carbonyl (C=O) groups excluding carboxylic acids is 2. The molecule has 0 radical (unpaired) electrons. The number of carbonyl (C=O) groups is 2. The number of fused-ring (bicyclic) bond motifs is 1. The number of benzene rings is 2. The number of hydrogen-bond donors (Lipinski definition) is 1. The first-order valence-corrected chi connectivity index (χ1v) is 10.7. The van der Waals surface area contributed by atoms with Gasteiger partial charge in [0, 0.05) is 29.4 Å². The number of methoxy groups -OCH3 is 1. The van der Waals surface area contributed by atoms with E-state index in [0.29, 0.717) is 23.6 Å². The van der Waals surface area contributed by atoms with E-state index in [4.69, 9.17) is 14.2 Å². The van der Waals surface area contributed by atoms with Crippen molar-refractivity contribution < 1.29 is 23.8 Å². The molecule has 1 aliphatic heterocycles. The van der Waals surface area contributed by atoms with Crippen LogP contribution in [-0.4, -0.2) is 42.0 Å². The lowest BCUT2D eigenvalue weighted by Gasteiger charge is -2.19. The molecule has 1 saturated heterocycles. The second kappa shape index (κ2) is 8.67. The minimum absolute atomic E-state index is 0.141. The lowest BCUT2D eigenvalue weighted by Crippen LogP contribution is -2.26. The summed E-state index contributed by atoms with van der Waals surface area (Å²) < 4.78 is 18.0. The Hall–Kier alpha value is -3.32. The van der Waals surface area contributed by atoms with Crippen LogP contribution in [0.15, 0.2) is 48.7 Å². The first-order valence-electron chi connectivity index (χ1n) is 10.7. The van der Waals surface area contributed by atoms with Crippen molar-refractivity contribution in [2.45, 2.75) is 45.3 Å². The minimum atomic E-state index is -0.618. The van der Waals surface area contributed by atoms with E-state index in [0.717, 1.165) is 29.4 Å². The molecule has 0 saturated carbocycles. The highest BCUT2D eigenvalue weighted by molar-refractivity contribution is 6.02. The second-order valence-electron chi connectivity index (χ2n) is 8.85. The summed E-state index contributed by atoms with van der Waals surface area (Å²) in [4.78, 5) is 25.3. The zero-order chi connectivity index (χ0) is 22.9. The van der Waals surface area contributed by atoms with Gasteiger partial charge in [0.05, 0.1) is 12.6 Å². The number of rotatable bonds is 4. The summed E-state index contributed by atoms with van der Waals surface area (Å²) in [5.41, 5.74) is 2.45. The van der Waals surface area contributed by atoms with E-state index in [1.807, 2.05) is 63.2 Å². The summed E-state index contributed by atoms with van der Waals surface area (Å²) in [6.07, 6.45) is 2.52. The molecule has 0 spiro atoms. The highest BCUT2D eigenvalue weighted by Gasteiger charge is 2.24. The lowest BCUT2D eigenvalue weighted by molar-refractivity contribution is -0.124. The van der Waals surface area contributed by atoms with Crippen molar-refractivity contribution in [1.82, 2.24) is 4.57 Å². The van der Waals surface area contributed by atoms with E-state index in [-0.39, 0.29) is 5.91 Å². The van der Waals surface area contributed by atoms with Gasteiger partial charge in [-0.3, -0.25) is 9.36 Å². The highest BCUT2D eigenvalue weighted by atomic mass is 16.6. The molecule has 3 aromatic rings. The predicted octanol–water partition coefficient (Wildman–Crippen LogP) is 5.22. The van der Waals surface area contributed by atoms with Crippen molar-refractivity contribution in [3.8, 4) is 16.9 Å². The van der Waals surface area contributed by atoms with Crippen LogP contribution in [0.4, 0.5) is 10.5 Å². The Kier molecular flexibility index (Phi) is 5.93. The molecule has 32 heavy (non-hydrogen) atoms. The number of hydrogen-bond acceptors (Lipinski definition) is 5. The van der Waals surface area contributed by atoms with Gasteiger partial charge in [0.25, 0.3) is 5.91 Å². The molecule has 1 aromatic heterocycles. The summed E-state index contributed by atoms with van der Waals surface area (Å²) in [5, 5.41) is 3.78. The Morgan fingerprint density at radius 1 is 1.16 bits per heavy atom. The zero-order valence-corrected chi connectivity index (χ0v) is 18.8. The number of ether oxygens (including phenoxy) is 3. The molecule has 1 unspecified atom stereocenters. The fourth-order valence-electron chi connectivity index (χ4n) is 3.80. The quantitative estimate of drug-likeness (QED) is 0.607. The monoisotopic (exact) mass is 436 g/mol. The van der Waals surface area contributed by atoms with Crippen molar-refractivity contribution in [1.29, 1.82) is 0 Å². The largest absolute Gasteiger partial charge is 0.497 e. The van der Waals surface area contributed by atoms with Gasteiger partial charge in [0.15, 0.2) is 0 Å². The standard InChI is InChI=1S/C25H28N2O5/c1-25(2,3)32-24(29)27-15-20(19-14-18(30-4)10-11-21(19)27)16-7-5-8-17(13-16)26-23(28)22-9-6-12-31-22/h5,7-8,10-11,13-15,22H,6,9,12H2,1-4H3,(H,26,28). The third kappa shape index (κ3) is 4.62. The highest BCUT2D eigenvalue weighted by Crippen LogP contribution is 2.35. The molecule has 2 heterocycles. The lowest BCUT2D eigenvalue weighted by atomic mass is 10.0. The van der Waals surface area contributed by atoms with Crippen LogP contribution in [0.5, 0.6) is 5.75 Å². The van der Waals surface area contributed by atoms with Crippen LogP contribution in [0.3, 0.4) is 0 Å². The average Bonchev–Trinajstić information content (AvgIpc) is 3.40. The molecule has 0 bridgehead atoms. The molecule has 7 nitrogen and oxygen atoms in total. The molecule has 168 valence electrons. The van der Waals surface area contributed by atoms with Gasteiger partial charge < -0.3 is 19.5 Å². The van der Waals surface area contributed by atoms with Gasteiger partial charge in [0.2, 0.25) is 0 Å². The smallest absolute Gasteiger partial charge is 0.419 e. The van der Waals surface area contributed by atoms with Crippen LogP contribution < -0.4 is 10.1 Å². The van der Waals surface area contributed by atoms with Crippen LogP contribution in [0.2, 0.25) is 0 Å². The third-order valence-corrected chi connectivity index (χ3v) is 5.27. The van der Waals surface area contributed by atoms with Gasteiger partial charge in [-0.15, -0.1) is 0 Å². The van der Waals surface area contributed by atoms with E-state index >= 15 is 0 Å². The number of nitrogens with zero attached hydrogens (tertiary/aromatic N) is 1. The Balaban J connectivity index is 1.73. The van der Waals surface area contributed by atoms with Crippen molar-refractivity contribution in [3.63, 3.8) is 0 Å². The third-order valence-electron chi connectivity index (χ3n) is 5.27. The van der Waals surface area contributed by atoms with Crippen LogP contribution in [0, 0.1) is 0 Å². The number of amides is 1. The molecular weight excluding hydrogens is 408 g/mol. The van der Waals surface area contributed by atoms with Crippen molar-refractivity contribution in [2.75, 3.05) is 19.0 Å². The number of nitrogens with one attached hydrogen (secondary N) is 1. The Morgan fingerprint density at radius 2 is 1.97 bits per heavy atom. The van der Waals surface area contributed by atoms with E-state index in [9.17, 15) is 9.59 Å². The minimum Gasteiger partial charge on any atom is -0.497 e. The van der Waals surface area contributed by atoms with Crippen molar-refractivity contribution in [2.24, 2.45) is 0 Å². The molecular formula is C25H28N2O5. The number of aromatic nitrogens is 1. The van der Waals surface area contributed by atoms with Crippen molar-refractivity contribution >= 4 is 28.6 Å². The summed E-state index contributed by atoms with van der Waals surface area (Å²) >= 11 is 0. The molecule has 0 aliphatic carbocycles. The molecule has 7 heteroatoms. The maximum absolute atomic E-state index is 12.9. The molecule has 2 aromatic carbocycles. The molecule has 1 aliphatic rings. The Labute approximate surface area is 187 Å². The summed E-state index contributed by atoms with van der Waals surface area (Å²) in [5.74, 6) is 0.543. The molecule has 1 N–H and O–H groups in total. The Bertz CT molecular complexity index is 1150. The zero-order valence-electron chi connectivity index (χ0n) is 18.8. The first kappa shape index (κ1) is 21.9. The van der Waals surface area contributed by atoms with Gasteiger partial charge in [-0.05, 0) is 69.5 Å². The predicted molar refractivity (Wildman–Crippen MR) is 123 cm³/mol. The van der Waals surface area contributed by atoms with E-state index in [2.05, 4.69) is 5.32 Å². The van der Waals surface area contributed by atoms with E-state index in [1.165, 1.54) is 4.57 Å². The number of anilines is 1. The summed E-state index contributed by atoms with van der Waals surface area (Å²) in [6.45, 7) is 6.12. The maximum Gasteiger partial charge on any atom is 0.419 e. The van der Waals surface area contributed by atoms with E-state index in [1.54, 1.807) is 13.3 Å². The topological polar surface area (TPSA) is 78.8 Å². The van der Waals surface area contributed by atoms with Gasteiger partial charge in [-0.1, -0.05) is 12.1 Å². The van der Waals surface area contributed by atoms with Gasteiger partial charge >= 0.3 is 6.09 Å². The van der Waals surface area contributed by atoms with Crippen LogP contribution in [-0.2, 0) is 14.3 Å². The normalized spacial score (nSPS) is 16.2. The SMILES string of the molecule is COc1ccc2c(c1)c(-c1cccc(NC(=O)C3CCCO3)c1)cn2C(=O)OC(C)(C)C. The summed E-state index contributed by atoms with van der Waals surface area (Å²) in [6, 6.07) is 13.1. The van der Waals surface area contributed by atoms with Gasteiger partial charge in [0.1, 0.15) is 17.5 Å². The van der Waals surface area contributed by atoms with E-state index < -0.39 is 17.8 Å². The molecule has 1 fully saturated rings. The summed E-state index contributed by atoms with van der Waals surface area (Å²) in [7, 11) is 1.60. The van der Waals surface area contributed by atoms with Crippen molar-refractivity contribution in [3.05, 3.63) is 48.7 Å². The molecule has 1 amide bonds. The average molecular weight is 437 g/mol. The fourth-order valence-corrected chi connectivity index (χ4v) is 3.80. The first-order chi connectivity index (χ1) is 15.2.